The standard InChI is InChI=1S/C28H26N4/c1-5-13-23(14-6-1)27(31-29-25-17-9-3-10-18-25)21-22-28(24-15-7-2-8-16-24)32-30-26-19-11-4-12-20-26/h1-20,29-30H,21-22H2/b31-27+,32-28+. The average molecular weight is 419 g/mol. The molecule has 4 aromatic rings. The lowest BCUT2D eigenvalue weighted by Gasteiger charge is -2.11. The smallest absolute Gasteiger partial charge is 0.0683 e. The second-order valence-electron chi connectivity index (χ2n) is 7.30. The van der Waals surface area contributed by atoms with Gasteiger partial charge in [0, 0.05) is 0 Å². The van der Waals surface area contributed by atoms with Gasteiger partial charge in [0.15, 0.2) is 0 Å². The van der Waals surface area contributed by atoms with E-state index in [-0.39, 0.29) is 0 Å². The van der Waals surface area contributed by atoms with E-state index in [9.17, 15) is 0 Å². The van der Waals surface area contributed by atoms with Crippen molar-refractivity contribution in [1.82, 2.24) is 0 Å². The van der Waals surface area contributed by atoms with Gasteiger partial charge in [-0.15, -0.1) is 0 Å². The van der Waals surface area contributed by atoms with Crippen molar-refractivity contribution in [2.24, 2.45) is 10.2 Å². The molecule has 0 spiro atoms. The van der Waals surface area contributed by atoms with Gasteiger partial charge >= 0.3 is 0 Å². The first-order valence-corrected chi connectivity index (χ1v) is 10.7. The van der Waals surface area contributed by atoms with Crippen molar-refractivity contribution >= 4 is 22.8 Å². The van der Waals surface area contributed by atoms with Crippen LogP contribution < -0.4 is 10.9 Å². The van der Waals surface area contributed by atoms with Gasteiger partial charge in [0.05, 0.1) is 22.8 Å². The van der Waals surface area contributed by atoms with Crippen molar-refractivity contribution < 1.29 is 0 Å². The molecule has 0 aliphatic carbocycles. The molecule has 0 saturated carbocycles. The Hall–Kier alpha value is -4.18. The molecule has 0 aliphatic rings. The number of hydrogen-bond donors (Lipinski definition) is 2. The van der Waals surface area contributed by atoms with Crippen LogP contribution in [0.3, 0.4) is 0 Å². The third-order valence-electron chi connectivity index (χ3n) is 5.00. The predicted octanol–water partition coefficient (Wildman–Crippen LogP) is 6.80. The van der Waals surface area contributed by atoms with Crippen LogP contribution in [0.1, 0.15) is 24.0 Å². The summed E-state index contributed by atoms with van der Waals surface area (Å²) in [6.07, 6.45) is 1.49. The first kappa shape index (κ1) is 21.1. The molecule has 4 heteroatoms. The molecule has 0 atom stereocenters. The summed E-state index contributed by atoms with van der Waals surface area (Å²) in [5.41, 5.74) is 12.5. The number of nitrogens with one attached hydrogen (secondary N) is 2. The van der Waals surface area contributed by atoms with E-state index in [1.54, 1.807) is 0 Å². The van der Waals surface area contributed by atoms with Gasteiger partial charge in [-0.3, -0.25) is 10.9 Å². The molecule has 4 rings (SSSR count). The molecule has 0 fully saturated rings. The number of benzene rings is 4. The van der Waals surface area contributed by atoms with Crippen LogP contribution in [0.25, 0.3) is 0 Å². The fraction of sp³-hybridized carbons (Fsp3) is 0.0714. The number of hydrogen-bond acceptors (Lipinski definition) is 4. The number of nitrogens with zero attached hydrogens (tertiary/aromatic N) is 2. The molecule has 158 valence electrons. The SMILES string of the molecule is c1ccc(N/N=C(\CC/C(=N\Nc2ccccc2)c2ccccc2)c2ccccc2)cc1. The average Bonchev–Trinajstić information content (AvgIpc) is 2.88. The molecular weight excluding hydrogens is 392 g/mol. The normalized spacial score (nSPS) is 11.8. The number of para-hydroxylation sites is 2. The first-order valence-electron chi connectivity index (χ1n) is 10.7. The van der Waals surface area contributed by atoms with Gasteiger partial charge in [-0.2, -0.15) is 10.2 Å². The number of hydrazone groups is 2. The van der Waals surface area contributed by atoms with Crippen LogP contribution in [0.4, 0.5) is 11.4 Å². The summed E-state index contributed by atoms with van der Waals surface area (Å²) in [7, 11) is 0. The molecule has 0 heterocycles. The lowest BCUT2D eigenvalue weighted by molar-refractivity contribution is 1.11. The van der Waals surface area contributed by atoms with E-state index in [2.05, 4.69) is 35.1 Å². The van der Waals surface area contributed by atoms with Crippen molar-refractivity contribution in [1.29, 1.82) is 0 Å². The van der Waals surface area contributed by atoms with Gasteiger partial charge in [-0.05, 0) is 48.2 Å². The first-order chi connectivity index (χ1) is 15.9. The highest BCUT2D eigenvalue weighted by atomic mass is 15.3. The van der Waals surface area contributed by atoms with E-state index in [1.165, 1.54) is 0 Å². The van der Waals surface area contributed by atoms with E-state index >= 15 is 0 Å². The minimum atomic E-state index is 0.744. The van der Waals surface area contributed by atoms with Crippen molar-refractivity contribution in [2.75, 3.05) is 10.9 Å². The third-order valence-corrected chi connectivity index (χ3v) is 5.00. The molecule has 0 saturated heterocycles. The second kappa shape index (κ2) is 11.3. The van der Waals surface area contributed by atoms with Gasteiger partial charge in [-0.25, -0.2) is 0 Å². The van der Waals surface area contributed by atoms with E-state index in [0.29, 0.717) is 0 Å². The zero-order valence-corrected chi connectivity index (χ0v) is 17.9. The van der Waals surface area contributed by atoms with Crippen LogP contribution in [0.15, 0.2) is 132 Å². The maximum Gasteiger partial charge on any atom is 0.0683 e. The Morgan fingerprint density at radius 1 is 0.438 bits per heavy atom. The van der Waals surface area contributed by atoms with Crippen LogP contribution in [0.5, 0.6) is 0 Å². The predicted molar refractivity (Wildman–Crippen MR) is 135 cm³/mol. The molecule has 0 unspecified atom stereocenters. The van der Waals surface area contributed by atoms with Crippen LogP contribution >= 0.6 is 0 Å². The molecule has 0 aromatic heterocycles. The summed E-state index contributed by atoms with van der Waals surface area (Å²) in [6.45, 7) is 0. The van der Waals surface area contributed by atoms with Crippen molar-refractivity contribution in [2.45, 2.75) is 12.8 Å². The highest BCUT2D eigenvalue weighted by Gasteiger charge is 2.09. The Balaban J connectivity index is 1.56. The van der Waals surface area contributed by atoms with E-state index < -0.39 is 0 Å². The molecule has 4 aromatic carbocycles. The van der Waals surface area contributed by atoms with Gasteiger partial charge in [0.25, 0.3) is 0 Å². The van der Waals surface area contributed by atoms with Gasteiger partial charge in [0.1, 0.15) is 0 Å². The summed E-state index contributed by atoms with van der Waals surface area (Å²) in [5, 5.41) is 9.48. The Labute approximate surface area is 189 Å². The fourth-order valence-electron chi connectivity index (χ4n) is 3.32. The van der Waals surface area contributed by atoms with Crippen LogP contribution in [-0.2, 0) is 0 Å². The fourth-order valence-corrected chi connectivity index (χ4v) is 3.32. The quantitative estimate of drug-likeness (QED) is 0.232. The Morgan fingerprint density at radius 3 is 1.09 bits per heavy atom. The second-order valence-corrected chi connectivity index (χ2v) is 7.30. The molecule has 32 heavy (non-hydrogen) atoms. The largest absolute Gasteiger partial charge is 0.278 e. The zero-order valence-electron chi connectivity index (χ0n) is 17.9. The minimum absolute atomic E-state index is 0.744. The van der Waals surface area contributed by atoms with Crippen LogP contribution in [0.2, 0.25) is 0 Å². The molecule has 2 N–H and O–H groups in total. The Kier molecular flexibility index (Phi) is 7.42. The molecular formula is C28H26N4. The Morgan fingerprint density at radius 2 is 0.750 bits per heavy atom. The molecule has 0 radical (unpaired) electrons. The summed E-state index contributed by atoms with van der Waals surface area (Å²) >= 11 is 0. The maximum absolute atomic E-state index is 4.74. The van der Waals surface area contributed by atoms with Gasteiger partial charge in [-0.1, -0.05) is 97.1 Å². The van der Waals surface area contributed by atoms with Crippen LogP contribution in [0, 0.1) is 0 Å². The highest BCUT2D eigenvalue weighted by Crippen LogP contribution is 2.14. The Bertz CT molecular complexity index is 1040. The maximum atomic E-state index is 4.74. The van der Waals surface area contributed by atoms with E-state index in [1.807, 2.05) is 97.1 Å². The molecule has 0 aliphatic heterocycles. The van der Waals surface area contributed by atoms with Crippen LogP contribution in [-0.4, -0.2) is 11.4 Å². The summed E-state index contributed by atoms with van der Waals surface area (Å²) < 4.78 is 0. The van der Waals surface area contributed by atoms with Gasteiger partial charge < -0.3 is 0 Å². The number of anilines is 2. The summed E-state index contributed by atoms with van der Waals surface area (Å²) in [6, 6.07) is 40.6. The zero-order chi connectivity index (χ0) is 21.8. The third kappa shape index (κ3) is 6.16. The van der Waals surface area contributed by atoms with E-state index in [4.69, 9.17) is 10.2 Å². The lowest BCUT2D eigenvalue weighted by atomic mass is 10.0. The summed E-state index contributed by atoms with van der Waals surface area (Å²) in [5.74, 6) is 0. The lowest BCUT2D eigenvalue weighted by Crippen LogP contribution is -2.11. The van der Waals surface area contributed by atoms with Crippen molar-refractivity contribution in [3.05, 3.63) is 132 Å². The van der Waals surface area contributed by atoms with Crippen molar-refractivity contribution in [3.8, 4) is 0 Å². The monoisotopic (exact) mass is 418 g/mol. The number of rotatable bonds is 9. The van der Waals surface area contributed by atoms with Crippen molar-refractivity contribution in [3.63, 3.8) is 0 Å². The molecule has 0 amide bonds. The van der Waals surface area contributed by atoms with E-state index in [0.717, 1.165) is 46.8 Å². The minimum Gasteiger partial charge on any atom is -0.278 e. The summed E-state index contributed by atoms with van der Waals surface area (Å²) in [4.78, 5) is 0. The molecule has 4 nitrogen and oxygen atoms in total. The highest BCUT2D eigenvalue weighted by molar-refractivity contribution is 6.06. The molecule has 0 bridgehead atoms. The topological polar surface area (TPSA) is 48.8 Å². The van der Waals surface area contributed by atoms with Gasteiger partial charge in [0.2, 0.25) is 0 Å².